The van der Waals surface area contributed by atoms with Crippen LogP contribution in [-0.4, -0.2) is 38.1 Å². The third kappa shape index (κ3) is 5.96. The Balaban J connectivity index is 1.85. The highest BCUT2D eigenvalue weighted by molar-refractivity contribution is 7.10. The summed E-state index contributed by atoms with van der Waals surface area (Å²) in [5.74, 6) is 0.0412. The van der Waals surface area contributed by atoms with E-state index in [1.165, 1.54) is 23.6 Å². The van der Waals surface area contributed by atoms with Crippen molar-refractivity contribution >= 4 is 17.2 Å². The Morgan fingerprint density at radius 3 is 2.69 bits per heavy atom. The van der Waals surface area contributed by atoms with Gasteiger partial charge in [-0.2, -0.15) is 8.78 Å². The van der Waals surface area contributed by atoms with Crippen molar-refractivity contribution in [3.05, 3.63) is 45.6 Å². The molecule has 0 bridgehead atoms. The van der Waals surface area contributed by atoms with Gasteiger partial charge in [0.25, 0.3) is 0 Å². The number of amides is 1. The summed E-state index contributed by atoms with van der Waals surface area (Å²) >= 11 is 1.67. The number of halogens is 2. The molecule has 0 saturated carbocycles. The predicted molar refractivity (Wildman–Crippen MR) is 96.9 cm³/mol. The predicted octanol–water partition coefficient (Wildman–Crippen LogP) is 3.41. The van der Waals surface area contributed by atoms with Gasteiger partial charge in [-0.25, -0.2) is 0 Å². The highest BCUT2D eigenvalue weighted by Crippen LogP contribution is 2.29. The largest absolute Gasteiger partial charge is 0.493 e. The van der Waals surface area contributed by atoms with Crippen molar-refractivity contribution in [3.8, 4) is 11.5 Å². The lowest BCUT2D eigenvalue weighted by molar-refractivity contribution is -0.122. The molecule has 1 aromatic heterocycles. The van der Waals surface area contributed by atoms with Crippen molar-refractivity contribution in [2.75, 3.05) is 20.7 Å². The summed E-state index contributed by atoms with van der Waals surface area (Å²) in [5.41, 5.74) is 1.95. The molecule has 0 spiro atoms. The lowest BCUT2D eigenvalue weighted by Gasteiger charge is -2.16. The van der Waals surface area contributed by atoms with E-state index in [0.717, 1.165) is 5.56 Å². The molecule has 0 fully saturated rings. The number of likely N-dealkylation sites (N-methyl/N-ethyl adjacent to an activating group) is 1. The first-order valence-electron chi connectivity index (χ1n) is 7.99. The average Bonchev–Trinajstić information content (AvgIpc) is 2.98. The van der Waals surface area contributed by atoms with Crippen LogP contribution in [0, 0.1) is 6.92 Å². The molecular weight excluding hydrogens is 362 g/mol. The van der Waals surface area contributed by atoms with Gasteiger partial charge in [-0.15, -0.1) is 11.3 Å². The van der Waals surface area contributed by atoms with Crippen LogP contribution in [0.4, 0.5) is 8.78 Å². The highest BCUT2D eigenvalue weighted by Gasteiger charge is 2.12. The lowest BCUT2D eigenvalue weighted by Crippen LogP contribution is -2.34. The van der Waals surface area contributed by atoms with Crippen LogP contribution in [0.15, 0.2) is 29.6 Å². The van der Waals surface area contributed by atoms with Crippen molar-refractivity contribution in [2.24, 2.45) is 0 Å². The van der Waals surface area contributed by atoms with Crippen LogP contribution in [-0.2, 0) is 17.9 Å². The van der Waals surface area contributed by atoms with E-state index in [4.69, 9.17) is 4.74 Å². The fourth-order valence-corrected chi connectivity index (χ4v) is 3.37. The van der Waals surface area contributed by atoms with Crippen LogP contribution in [0.3, 0.4) is 0 Å². The molecule has 5 nitrogen and oxygen atoms in total. The number of hydrogen-bond acceptors (Lipinski definition) is 5. The van der Waals surface area contributed by atoms with E-state index in [2.05, 4.69) is 23.0 Å². The lowest BCUT2D eigenvalue weighted by atomic mass is 10.2. The second-order valence-corrected chi connectivity index (χ2v) is 6.84. The first-order valence-corrected chi connectivity index (χ1v) is 8.87. The smallest absolute Gasteiger partial charge is 0.387 e. The minimum atomic E-state index is -2.92. The van der Waals surface area contributed by atoms with Crippen LogP contribution in [0.2, 0.25) is 0 Å². The van der Waals surface area contributed by atoms with Crippen molar-refractivity contribution in [2.45, 2.75) is 26.6 Å². The SMILES string of the molecule is COc1cc(CNC(=O)CN(C)Cc2sccc2C)ccc1OC(F)F. The molecule has 0 unspecified atom stereocenters. The van der Waals surface area contributed by atoms with E-state index >= 15 is 0 Å². The second-order valence-electron chi connectivity index (χ2n) is 5.84. The standard InChI is InChI=1S/C18H22F2N2O3S/c1-12-6-7-26-16(12)10-22(2)11-17(23)21-9-13-4-5-14(25-18(19)20)15(8-13)24-3/h4-8,18H,9-11H2,1-3H3,(H,21,23). The average molecular weight is 384 g/mol. The minimum absolute atomic E-state index is 0.0383. The number of benzene rings is 1. The molecule has 2 rings (SSSR count). The van der Waals surface area contributed by atoms with Gasteiger partial charge in [0.1, 0.15) is 0 Å². The minimum Gasteiger partial charge on any atom is -0.493 e. The number of ether oxygens (including phenoxy) is 2. The second kappa shape index (κ2) is 9.49. The number of nitrogens with one attached hydrogen (secondary N) is 1. The molecule has 0 radical (unpaired) electrons. The number of carbonyl (C=O) groups is 1. The number of rotatable bonds is 9. The van der Waals surface area contributed by atoms with Crippen molar-refractivity contribution < 1.29 is 23.0 Å². The molecular formula is C18H22F2N2O3S. The van der Waals surface area contributed by atoms with Gasteiger partial charge >= 0.3 is 6.61 Å². The first-order chi connectivity index (χ1) is 12.4. The number of thiophene rings is 1. The molecule has 1 amide bonds. The number of methoxy groups -OCH3 is 1. The molecule has 8 heteroatoms. The molecule has 0 aliphatic rings. The molecule has 142 valence electrons. The van der Waals surface area contributed by atoms with Crippen LogP contribution >= 0.6 is 11.3 Å². The Kier molecular flexibility index (Phi) is 7.35. The van der Waals surface area contributed by atoms with Crippen LogP contribution < -0.4 is 14.8 Å². The maximum atomic E-state index is 12.3. The molecule has 1 N–H and O–H groups in total. The maximum Gasteiger partial charge on any atom is 0.387 e. The van der Waals surface area contributed by atoms with E-state index in [-0.39, 0.29) is 30.5 Å². The zero-order valence-corrected chi connectivity index (χ0v) is 15.7. The summed E-state index contributed by atoms with van der Waals surface area (Å²) < 4.78 is 34.1. The number of alkyl halides is 2. The third-order valence-corrected chi connectivity index (χ3v) is 4.74. The van der Waals surface area contributed by atoms with Gasteiger partial charge in [-0.1, -0.05) is 6.07 Å². The summed E-state index contributed by atoms with van der Waals surface area (Å²) in [7, 11) is 3.26. The van der Waals surface area contributed by atoms with E-state index < -0.39 is 6.61 Å². The van der Waals surface area contributed by atoms with Gasteiger partial charge in [-0.05, 0) is 48.7 Å². The van der Waals surface area contributed by atoms with Gasteiger partial charge in [0.05, 0.1) is 13.7 Å². The molecule has 0 aliphatic heterocycles. The number of carbonyl (C=O) groups excluding carboxylic acids is 1. The summed E-state index contributed by atoms with van der Waals surface area (Å²) in [4.78, 5) is 15.3. The summed E-state index contributed by atoms with van der Waals surface area (Å²) in [6, 6.07) is 6.64. The summed E-state index contributed by atoms with van der Waals surface area (Å²) in [6.07, 6.45) is 0. The Hall–Kier alpha value is -2.19. The molecule has 0 aliphatic carbocycles. The topological polar surface area (TPSA) is 50.8 Å². The van der Waals surface area contributed by atoms with Crippen molar-refractivity contribution in [1.29, 1.82) is 0 Å². The number of aryl methyl sites for hydroxylation is 1. The number of nitrogens with zero attached hydrogens (tertiary/aromatic N) is 1. The van der Waals surface area contributed by atoms with Crippen molar-refractivity contribution in [3.63, 3.8) is 0 Å². The fourth-order valence-electron chi connectivity index (χ4n) is 2.38. The van der Waals surface area contributed by atoms with Gasteiger partial charge in [0.2, 0.25) is 5.91 Å². The van der Waals surface area contributed by atoms with Crippen LogP contribution in [0.25, 0.3) is 0 Å². The normalized spacial score (nSPS) is 11.0. The van der Waals surface area contributed by atoms with Gasteiger partial charge in [-0.3, -0.25) is 9.69 Å². The zero-order chi connectivity index (χ0) is 19.1. The first kappa shape index (κ1) is 20.1. The molecule has 0 atom stereocenters. The number of hydrogen-bond donors (Lipinski definition) is 1. The van der Waals surface area contributed by atoms with Gasteiger partial charge in [0.15, 0.2) is 11.5 Å². The van der Waals surface area contributed by atoms with E-state index in [9.17, 15) is 13.6 Å². The highest BCUT2D eigenvalue weighted by atomic mass is 32.1. The molecule has 26 heavy (non-hydrogen) atoms. The Bertz CT molecular complexity index is 737. The molecule has 0 saturated heterocycles. The van der Waals surface area contributed by atoms with Crippen LogP contribution in [0.1, 0.15) is 16.0 Å². The maximum absolute atomic E-state index is 12.3. The summed E-state index contributed by atoms with van der Waals surface area (Å²) in [5, 5.41) is 4.85. The molecule has 2 aromatic rings. The third-order valence-electron chi connectivity index (χ3n) is 3.73. The zero-order valence-electron chi connectivity index (χ0n) is 14.9. The van der Waals surface area contributed by atoms with Gasteiger partial charge in [0, 0.05) is 18.0 Å². The Labute approximate surface area is 155 Å². The monoisotopic (exact) mass is 384 g/mol. The fraction of sp³-hybridized carbons (Fsp3) is 0.389. The van der Waals surface area contributed by atoms with Crippen molar-refractivity contribution in [1.82, 2.24) is 10.2 Å². The Morgan fingerprint density at radius 1 is 1.31 bits per heavy atom. The van der Waals surface area contributed by atoms with Crippen LogP contribution in [0.5, 0.6) is 11.5 Å². The quantitative estimate of drug-likeness (QED) is 0.720. The molecule has 1 heterocycles. The summed E-state index contributed by atoms with van der Waals surface area (Å²) in [6.45, 7) is 0.382. The van der Waals surface area contributed by atoms with Gasteiger partial charge < -0.3 is 14.8 Å². The van der Waals surface area contributed by atoms with E-state index in [0.29, 0.717) is 6.54 Å². The van der Waals surface area contributed by atoms with E-state index in [1.54, 1.807) is 23.5 Å². The molecule has 1 aromatic carbocycles. The Morgan fingerprint density at radius 2 is 2.08 bits per heavy atom. The van der Waals surface area contributed by atoms with E-state index in [1.807, 2.05) is 17.3 Å².